The fourth-order valence-corrected chi connectivity index (χ4v) is 3.42. The smallest absolute Gasteiger partial charge is 0.179 e. The third kappa shape index (κ3) is 3.20. The summed E-state index contributed by atoms with van der Waals surface area (Å²) >= 11 is 0. The van der Waals surface area contributed by atoms with Gasteiger partial charge in [0.25, 0.3) is 0 Å². The van der Waals surface area contributed by atoms with Crippen molar-refractivity contribution in [1.29, 1.82) is 0 Å². The Bertz CT molecular complexity index is 1290. The molecule has 0 unspecified atom stereocenters. The van der Waals surface area contributed by atoms with Crippen molar-refractivity contribution in [3.05, 3.63) is 89.5 Å². The number of benzene rings is 1. The Morgan fingerprint density at radius 2 is 1.79 bits per heavy atom. The molecule has 6 heteroatoms. The van der Waals surface area contributed by atoms with Gasteiger partial charge in [0, 0.05) is 35.6 Å². The standard InChI is InChI=1S/C22H18N6/c1-15-11-16(8-10-23-15)13-19-5-7-21-22(25-19)28(27-26-21)14-17-4-6-20-18(12-17)3-2-9-24-20/h2-12H,13-14H2,1H3. The molecule has 0 aliphatic carbocycles. The Hall–Kier alpha value is -3.67. The molecule has 5 rings (SSSR count). The summed E-state index contributed by atoms with van der Waals surface area (Å²) in [7, 11) is 0. The number of aryl methyl sites for hydroxylation is 1. The van der Waals surface area contributed by atoms with Gasteiger partial charge in [-0.05, 0) is 60.5 Å². The van der Waals surface area contributed by atoms with E-state index in [1.54, 1.807) is 0 Å². The van der Waals surface area contributed by atoms with Crippen molar-refractivity contribution in [2.75, 3.05) is 0 Å². The molecule has 0 fully saturated rings. The highest BCUT2D eigenvalue weighted by atomic mass is 15.4. The minimum absolute atomic E-state index is 0.617. The predicted octanol–water partition coefficient (Wildman–Crippen LogP) is 3.72. The Morgan fingerprint density at radius 3 is 2.71 bits per heavy atom. The summed E-state index contributed by atoms with van der Waals surface area (Å²) in [5.74, 6) is 0. The van der Waals surface area contributed by atoms with Crippen molar-refractivity contribution in [3.63, 3.8) is 0 Å². The molecular weight excluding hydrogens is 348 g/mol. The van der Waals surface area contributed by atoms with Crippen molar-refractivity contribution in [2.45, 2.75) is 19.9 Å². The summed E-state index contributed by atoms with van der Waals surface area (Å²) < 4.78 is 1.86. The second-order valence-corrected chi connectivity index (χ2v) is 6.91. The average Bonchev–Trinajstić information content (AvgIpc) is 3.10. The number of aromatic nitrogens is 6. The highest BCUT2D eigenvalue weighted by Gasteiger charge is 2.09. The minimum Gasteiger partial charge on any atom is -0.262 e. The molecule has 0 aliphatic rings. The fourth-order valence-electron chi connectivity index (χ4n) is 3.42. The van der Waals surface area contributed by atoms with E-state index in [-0.39, 0.29) is 0 Å². The molecule has 0 aliphatic heterocycles. The summed E-state index contributed by atoms with van der Waals surface area (Å²) in [4.78, 5) is 13.5. The first-order chi connectivity index (χ1) is 13.7. The van der Waals surface area contributed by atoms with Gasteiger partial charge in [-0.25, -0.2) is 9.67 Å². The van der Waals surface area contributed by atoms with Crippen LogP contribution in [0, 0.1) is 6.92 Å². The Morgan fingerprint density at radius 1 is 0.857 bits per heavy atom. The first kappa shape index (κ1) is 16.5. The van der Waals surface area contributed by atoms with Crippen LogP contribution < -0.4 is 0 Å². The summed E-state index contributed by atoms with van der Waals surface area (Å²) in [6, 6.07) is 18.4. The molecule has 0 N–H and O–H groups in total. The van der Waals surface area contributed by atoms with Crippen molar-refractivity contribution in [1.82, 2.24) is 29.9 Å². The lowest BCUT2D eigenvalue weighted by molar-refractivity contribution is 0.663. The van der Waals surface area contributed by atoms with Gasteiger partial charge >= 0.3 is 0 Å². The molecule has 4 aromatic heterocycles. The normalized spacial score (nSPS) is 11.3. The van der Waals surface area contributed by atoms with Gasteiger partial charge in [0.1, 0.15) is 5.52 Å². The van der Waals surface area contributed by atoms with E-state index in [4.69, 9.17) is 4.98 Å². The third-order valence-corrected chi connectivity index (χ3v) is 4.76. The third-order valence-electron chi connectivity index (χ3n) is 4.76. The van der Waals surface area contributed by atoms with Gasteiger partial charge in [-0.2, -0.15) is 0 Å². The zero-order valence-corrected chi connectivity index (χ0v) is 15.4. The number of pyridine rings is 3. The summed E-state index contributed by atoms with van der Waals surface area (Å²) in [6.07, 6.45) is 4.40. The van der Waals surface area contributed by atoms with Gasteiger partial charge < -0.3 is 0 Å². The van der Waals surface area contributed by atoms with Crippen LogP contribution >= 0.6 is 0 Å². The van der Waals surface area contributed by atoms with E-state index in [1.165, 1.54) is 5.56 Å². The molecule has 0 bridgehead atoms. The Balaban J connectivity index is 1.47. The van der Waals surface area contributed by atoms with Crippen LogP contribution in [0.1, 0.15) is 22.5 Å². The van der Waals surface area contributed by atoms with Crippen LogP contribution in [-0.2, 0) is 13.0 Å². The monoisotopic (exact) mass is 366 g/mol. The highest BCUT2D eigenvalue weighted by molar-refractivity contribution is 5.79. The molecular formula is C22H18N6. The van der Waals surface area contributed by atoms with Gasteiger partial charge in [-0.1, -0.05) is 17.3 Å². The van der Waals surface area contributed by atoms with Gasteiger partial charge in [-0.3, -0.25) is 9.97 Å². The van der Waals surface area contributed by atoms with Crippen LogP contribution in [-0.4, -0.2) is 29.9 Å². The van der Waals surface area contributed by atoms with E-state index in [0.29, 0.717) is 6.54 Å². The van der Waals surface area contributed by atoms with E-state index in [0.717, 1.165) is 45.4 Å². The lowest BCUT2D eigenvalue weighted by Crippen LogP contribution is -2.04. The second kappa shape index (κ2) is 6.81. The molecule has 0 atom stereocenters. The van der Waals surface area contributed by atoms with Crippen LogP contribution in [0.2, 0.25) is 0 Å². The molecule has 0 saturated carbocycles. The van der Waals surface area contributed by atoms with Crippen molar-refractivity contribution < 1.29 is 0 Å². The van der Waals surface area contributed by atoms with Crippen molar-refractivity contribution in [3.8, 4) is 0 Å². The molecule has 1 aromatic carbocycles. The van der Waals surface area contributed by atoms with Gasteiger partial charge in [0.2, 0.25) is 0 Å². The first-order valence-corrected chi connectivity index (χ1v) is 9.19. The van der Waals surface area contributed by atoms with Crippen molar-refractivity contribution in [2.24, 2.45) is 0 Å². The molecule has 0 radical (unpaired) electrons. The molecule has 136 valence electrons. The number of hydrogen-bond donors (Lipinski definition) is 0. The minimum atomic E-state index is 0.617. The molecule has 28 heavy (non-hydrogen) atoms. The van der Waals surface area contributed by atoms with E-state index >= 15 is 0 Å². The molecule has 0 amide bonds. The average molecular weight is 366 g/mol. The number of nitrogens with zero attached hydrogens (tertiary/aromatic N) is 6. The van der Waals surface area contributed by atoms with Crippen molar-refractivity contribution >= 4 is 22.1 Å². The summed E-state index contributed by atoms with van der Waals surface area (Å²) in [5, 5.41) is 9.70. The number of hydrogen-bond acceptors (Lipinski definition) is 5. The van der Waals surface area contributed by atoms with Gasteiger partial charge in [0.15, 0.2) is 5.65 Å². The van der Waals surface area contributed by atoms with Crippen LogP contribution in [0.5, 0.6) is 0 Å². The maximum atomic E-state index is 4.82. The number of fused-ring (bicyclic) bond motifs is 2. The zero-order chi connectivity index (χ0) is 18.9. The van der Waals surface area contributed by atoms with E-state index < -0.39 is 0 Å². The van der Waals surface area contributed by atoms with Gasteiger partial charge in [-0.15, -0.1) is 5.10 Å². The summed E-state index contributed by atoms with van der Waals surface area (Å²) in [6.45, 7) is 2.62. The molecule has 0 spiro atoms. The van der Waals surface area contributed by atoms with E-state index in [1.807, 2.05) is 54.3 Å². The maximum Gasteiger partial charge on any atom is 0.179 e. The van der Waals surface area contributed by atoms with Crippen LogP contribution in [0.4, 0.5) is 0 Å². The molecule has 4 heterocycles. The maximum absolute atomic E-state index is 4.82. The van der Waals surface area contributed by atoms with E-state index in [2.05, 4.69) is 44.5 Å². The lowest BCUT2D eigenvalue weighted by Gasteiger charge is -2.06. The first-order valence-electron chi connectivity index (χ1n) is 9.19. The lowest BCUT2D eigenvalue weighted by atomic mass is 10.1. The largest absolute Gasteiger partial charge is 0.262 e. The quantitative estimate of drug-likeness (QED) is 0.485. The fraction of sp³-hybridized carbons (Fsp3) is 0.136. The Kier molecular flexibility index (Phi) is 4.01. The number of rotatable bonds is 4. The molecule has 6 nitrogen and oxygen atoms in total. The van der Waals surface area contributed by atoms with Gasteiger partial charge in [0.05, 0.1) is 12.1 Å². The topological polar surface area (TPSA) is 69.4 Å². The van der Waals surface area contributed by atoms with Crippen LogP contribution in [0.15, 0.2) is 67.0 Å². The Labute approximate surface area is 161 Å². The molecule has 0 saturated heterocycles. The van der Waals surface area contributed by atoms with E-state index in [9.17, 15) is 0 Å². The van der Waals surface area contributed by atoms with Crippen LogP contribution in [0.3, 0.4) is 0 Å². The SMILES string of the molecule is Cc1cc(Cc2ccc3nnn(Cc4ccc5ncccc5c4)c3n2)ccn1. The predicted molar refractivity (Wildman–Crippen MR) is 108 cm³/mol. The molecule has 5 aromatic rings. The summed E-state index contributed by atoms with van der Waals surface area (Å²) in [5.41, 5.74) is 6.93. The van der Waals surface area contributed by atoms with Crippen LogP contribution in [0.25, 0.3) is 22.1 Å². The second-order valence-electron chi connectivity index (χ2n) is 6.91. The highest BCUT2D eigenvalue weighted by Crippen LogP contribution is 2.17. The zero-order valence-electron chi connectivity index (χ0n) is 15.4.